The Balaban J connectivity index is 1.91. The lowest BCUT2D eigenvalue weighted by Crippen LogP contribution is -2.05. The van der Waals surface area contributed by atoms with Crippen molar-refractivity contribution in [1.82, 2.24) is 4.98 Å². The Hall–Kier alpha value is -1.29. The maximum absolute atomic E-state index is 6.05. The lowest BCUT2D eigenvalue weighted by atomic mass is 10.2. The lowest BCUT2D eigenvalue weighted by Gasteiger charge is -2.08. The van der Waals surface area contributed by atoms with E-state index in [0.29, 0.717) is 0 Å². The number of fused-ring (bicyclic) bond motifs is 1. The average molecular weight is 219 g/mol. The van der Waals surface area contributed by atoms with Crippen LogP contribution >= 0.6 is 11.3 Å². The van der Waals surface area contributed by atoms with Crippen molar-refractivity contribution in [3.63, 3.8) is 0 Å². The van der Waals surface area contributed by atoms with Crippen LogP contribution in [0.4, 0.5) is 11.4 Å². The van der Waals surface area contributed by atoms with Crippen LogP contribution in [0.25, 0.3) is 10.2 Å². The minimum atomic E-state index is 0.786. The average Bonchev–Trinajstić information content (AvgIpc) is 2.93. The van der Waals surface area contributed by atoms with E-state index in [1.165, 1.54) is 12.8 Å². The lowest BCUT2D eigenvalue weighted by molar-refractivity contribution is 0.890. The molecular weight excluding hydrogens is 206 g/mol. The minimum absolute atomic E-state index is 0.786. The highest BCUT2D eigenvalue weighted by molar-refractivity contribution is 7.16. The Morgan fingerprint density at radius 3 is 3.13 bits per heavy atom. The molecule has 1 aliphatic rings. The van der Waals surface area contributed by atoms with E-state index in [1.807, 2.05) is 5.51 Å². The van der Waals surface area contributed by atoms with Crippen molar-refractivity contribution in [2.45, 2.75) is 12.8 Å². The zero-order valence-electron chi connectivity index (χ0n) is 8.36. The van der Waals surface area contributed by atoms with Gasteiger partial charge in [-0.05, 0) is 30.9 Å². The van der Waals surface area contributed by atoms with Crippen LogP contribution in [0.15, 0.2) is 17.6 Å². The molecule has 0 amide bonds. The summed E-state index contributed by atoms with van der Waals surface area (Å²) in [4.78, 5) is 4.28. The molecule has 3 nitrogen and oxygen atoms in total. The monoisotopic (exact) mass is 219 g/mol. The summed E-state index contributed by atoms with van der Waals surface area (Å²) >= 11 is 1.63. The van der Waals surface area contributed by atoms with Crippen molar-refractivity contribution < 1.29 is 0 Å². The molecule has 1 aromatic heterocycles. The first-order valence-corrected chi connectivity index (χ1v) is 6.08. The third kappa shape index (κ3) is 1.65. The summed E-state index contributed by atoms with van der Waals surface area (Å²) in [5, 5.41) is 3.40. The molecule has 1 aromatic carbocycles. The van der Waals surface area contributed by atoms with Gasteiger partial charge in [-0.3, -0.25) is 0 Å². The SMILES string of the molecule is Nc1c(NCC2CC2)ccc2scnc12. The molecule has 0 unspecified atom stereocenters. The molecule has 1 fully saturated rings. The van der Waals surface area contributed by atoms with Gasteiger partial charge in [-0.15, -0.1) is 11.3 Å². The summed E-state index contributed by atoms with van der Waals surface area (Å²) in [7, 11) is 0. The first-order chi connectivity index (χ1) is 7.34. The third-order valence-corrected chi connectivity index (χ3v) is 3.61. The fourth-order valence-electron chi connectivity index (χ4n) is 1.68. The molecule has 1 aliphatic carbocycles. The summed E-state index contributed by atoms with van der Waals surface area (Å²) in [5.74, 6) is 0.857. The van der Waals surface area contributed by atoms with Crippen LogP contribution in [0, 0.1) is 5.92 Å². The number of anilines is 2. The van der Waals surface area contributed by atoms with Gasteiger partial charge in [0.05, 0.1) is 21.6 Å². The fourth-order valence-corrected chi connectivity index (χ4v) is 2.38. The van der Waals surface area contributed by atoms with Crippen molar-refractivity contribution in [2.75, 3.05) is 17.6 Å². The molecule has 0 spiro atoms. The number of hydrogen-bond donors (Lipinski definition) is 2. The number of thiazole rings is 1. The molecule has 0 bridgehead atoms. The van der Waals surface area contributed by atoms with E-state index < -0.39 is 0 Å². The van der Waals surface area contributed by atoms with Gasteiger partial charge >= 0.3 is 0 Å². The van der Waals surface area contributed by atoms with E-state index in [0.717, 1.165) is 34.1 Å². The second kappa shape index (κ2) is 3.38. The molecule has 1 saturated carbocycles. The van der Waals surface area contributed by atoms with Crippen molar-refractivity contribution in [2.24, 2.45) is 5.92 Å². The number of rotatable bonds is 3. The Labute approximate surface area is 92.3 Å². The van der Waals surface area contributed by atoms with Gasteiger partial charge in [-0.2, -0.15) is 0 Å². The van der Waals surface area contributed by atoms with E-state index in [9.17, 15) is 0 Å². The van der Waals surface area contributed by atoms with Gasteiger partial charge < -0.3 is 11.1 Å². The van der Waals surface area contributed by atoms with Crippen molar-refractivity contribution in [3.05, 3.63) is 17.6 Å². The standard InChI is InChI=1S/C11H13N3S/c12-10-8(13-5-7-1-2-7)3-4-9-11(10)14-6-15-9/h3-4,6-7,13H,1-2,5,12H2. The van der Waals surface area contributed by atoms with Crippen molar-refractivity contribution in [1.29, 1.82) is 0 Å². The highest BCUT2D eigenvalue weighted by Gasteiger charge is 2.21. The number of hydrogen-bond acceptors (Lipinski definition) is 4. The first-order valence-electron chi connectivity index (χ1n) is 5.20. The molecule has 4 heteroatoms. The molecule has 3 rings (SSSR count). The summed E-state index contributed by atoms with van der Waals surface area (Å²) in [6.45, 7) is 1.04. The normalized spacial score (nSPS) is 15.7. The van der Waals surface area contributed by atoms with Crippen LogP contribution in [-0.4, -0.2) is 11.5 Å². The summed E-state index contributed by atoms with van der Waals surface area (Å²) in [6.07, 6.45) is 2.71. The maximum Gasteiger partial charge on any atom is 0.106 e. The van der Waals surface area contributed by atoms with Crippen LogP contribution in [0.3, 0.4) is 0 Å². The molecule has 15 heavy (non-hydrogen) atoms. The second-order valence-electron chi connectivity index (χ2n) is 4.05. The van der Waals surface area contributed by atoms with Crippen LogP contribution in [0.5, 0.6) is 0 Å². The van der Waals surface area contributed by atoms with Gasteiger partial charge in [0.2, 0.25) is 0 Å². The molecule has 0 radical (unpaired) electrons. The predicted molar refractivity (Wildman–Crippen MR) is 65.2 cm³/mol. The molecular formula is C11H13N3S. The molecule has 3 N–H and O–H groups in total. The molecule has 78 valence electrons. The van der Waals surface area contributed by atoms with Crippen molar-refractivity contribution >= 4 is 32.9 Å². The zero-order valence-corrected chi connectivity index (χ0v) is 9.18. The number of aromatic nitrogens is 1. The topological polar surface area (TPSA) is 50.9 Å². The first kappa shape index (κ1) is 8.97. The van der Waals surface area contributed by atoms with Gasteiger partial charge in [0.25, 0.3) is 0 Å². The number of nitrogen functional groups attached to an aromatic ring is 1. The molecule has 0 aliphatic heterocycles. The van der Waals surface area contributed by atoms with Crippen molar-refractivity contribution in [3.8, 4) is 0 Å². The summed E-state index contributed by atoms with van der Waals surface area (Å²) in [5.41, 5.74) is 10.6. The van der Waals surface area contributed by atoms with Crippen LogP contribution in [-0.2, 0) is 0 Å². The van der Waals surface area contributed by atoms with Gasteiger partial charge in [-0.1, -0.05) is 0 Å². The largest absolute Gasteiger partial charge is 0.395 e. The van der Waals surface area contributed by atoms with E-state index in [4.69, 9.17) is 5.73 Å². The van der Waals surface area contributed by atoms with E-state index in [2.05, 4.69) is 22.4 Å². The van der Waals surface area contributed by atoms with Gasteiger partial charge in [0.15, 0.2) is 0 Å². The molecule has 2 aromatic rings. The van der Waals surface area contributed by atoms with Gasteiger partial charge in [-0.25, -0.2) is 4.98 Å². The van der Waals surface area contributed by atoms with Crippen LogP contribution < -0.4 is 11.1 Å². The third-order valence-electron chi connectivity index (χ3n) is 2.82. The number of benzene rings is 1. The Bertz CT molecular complexity index is 488. The minimum Gasteiger partial charge on any atom is -0.395 e. The van der Waals surface area contributed by atoms with Crippen LogP contribution in [0.1, 0.15) is 12.8 Å². The van der Waals surface area contributed by atoms with E-state index in [-0.39, 0.29) is 0 Å². The quantitative estimate of drug-likeness (QED) is 0.780. The summed E-state index contributed by atoms with van der Waals surface area (Å²) < 4.78 is 1.16. The Morgan fingerprint density at radius 2 is 2.33 bits per heavy atom. The second-order valence-corrected chi connectivity index (χ2v) is 4.94. The van der Waals surface area contributed by atoms with Crippen LogP contribution in [0.2, 0.25) is 0 Å². The molecule has 0 atom stereocenters. The Morgan fingerprint density at radius 1 is 1.47 bits per heavy atom. The maximum atomic E-state index is 6.05. The zero-order chi connectivity index (χ0) is 10.3. The number of nitrogens with two attached hydrogens (primary N) is 1. The smallest absolute Gasteiger partial charge is 0.106 e. The predicted octanol–water partition coefficient (Wildman–Crippen LogP) is 2.70. The van der Waals surface area contributed by atoms with E-state index in [1.54, 1.807) is 11.3 Å². The number of nitrogens with zero attached hydrogens (tertiary/aromatic N) is 1. The fraction of sp³-hybridized carbons (Fsp3) is 0.364. The number of nitrogens with one attached hydrogen (secondary N) is 1. The molecule has 1 heterocycles. The Kier molecular flexibility index (Phi) is 2.02. The highest BCUT2D eigenvalue weighted by Crippen LogP contribution is 2.32. The highest BCUT2D eigenvalue weighted by atomic mass is 32.1. The van der Waals surface area contributed by atoms with Gasteiger partial charge in [0.1, 0.15) is 5.52 Å². The van der Waals surface area contributed by atoms with Gasteiger partial charge in [0, 0.05) is 6.54 Å². The molecule has 0 saturated heterocycles. The summed E-state index contributed by atoms with van der Waals surface area (Å²) in [6, 6.07) is 4.14. The van der Waals surface area contributed by atoms with E-state index >= 15 is 0 Å².